The van der Waals surface area contributed by atoms with Crippen molar-refractivity contribution >= 4 is 18.1 Å². The molecule has 5 aliphatic rings. The number of rotatable bonds is 21. The van der Waals surface area contributed by atoms with Crippen molar-refractivity contribution in [1.82, 2.24) is 10.6 Å². The van der Waals surface area contributed by atoms with Crippen LogP contribution in [0.4, 0.5) is 0 Å². The van der Waals surface area contributed by atoms with Gasteiger partial charge < -0.3 is 150 Å². The molecule has 29 unspecified atom stereocenters. The van der Waals surface area contributed by atoms with E-state index in [1.807, 2.05) is 0 Å². The minimum atomic E-state index is -2.28. The highest BCUT2D eigenvalue weighted by molar-refractivity contribution is 5.73. The van der Waals surface area contributed by atoms with E-state index in [0.717, 1.165) is 13.8 Å². The number of amides is 2. The molecule has 2 amide bonds. The Balaban J connectivity index is 1.56. The summed E-state index contributed by atoms with van der Waals surface area (Å²) in [6.45, 7) is -2.05. The zero-order valence-electron chi connectivity index (χ0n) is 38.8. The van der Waals surface area contributed by atoms with Gasteiger partial charge in [-0.2, -0.15) is 0 Å². The molecule has 5 rings (SSSR count). The first-order valence-electron chi connectivity index (χ1n) is 22.7. The fourth-order valence-corrected chi connectivity index (χ4v) is 8.78. The number of aliphatic hydroxyl groups is 17. The number of nitrogens with one attached hydrogen (secondary N) is 2. The Labute approximate surface area is 408 Å². The third kappa shape index (κ3) is 13.4. The second kappa shape index (κ2) is 26.5. The molecule has 5 aliphatic heterocycles. The standard InChI is InChI=1S/C40H68N2O30/c1-10-21(53)28(60)29(61)38(63-10)72-35-34(71-36-19(41-11(2)49)27(59)23(55)15(6-45)64-36)26(58)18(9-48)67-40(35)69-32-20(42-12(3)50)37(65-16(7-46)24(32)56)70-33-25(57)17(8-47)66-39(30(33)62)68-31(14(52)5-44)22(54)13(51)4-43/h4,10,13-40,44-48,51-62H,5-9H2,1-3H3,(H,41,49)(H,42,50). The Hall–Kier alpha value is -2.47. The molecular formula is C40H68N2O30. The number of carbonyl (C=O) groups excluding carboxylic acids is 3. The van der Waals surface area contributed by atoms with Crippen LogP contribution < -0.4 is 10.6 Å². The van der Waals surface area contributed by atoms with Crippen LogP contribution >= 0.6 is 0 Å². The molecule has 5 heterocycles. The van der Waals surface area contributed by atoms with Crippen molar-refractivity contribution < 1.29 is 149 Å². The fraction of sp³-hybridized carbons (Fsp3) is 0.925. The van der Waals surface area contributed by atoms with Gasteiger partial charge in [-0.1, -0.05) is 0 Å². The average molecular weight is 1060 g/mol. The molecule has 5 saturated heterocycles. The summed E-state index contributed by atoms with van der Waals surface area (Å²) in [5, 5.41) is 187. The Morgan fingerprint density at radius 1 is 0.500 bits per heavy atom. The van der Waals surface area contributed by atoms with Gasteiger partial charge in [0.05, 0.1) is 39.1 Å². The predicted molar refractivity (Wildman–Crippen MR) is 222 cm³/mol. The van der Waals surface area contributed by atoms with Gasteiger partial charge >= 0.3 is 0 Å². The normalized spacial score (nSPS) is 45.6. The van der Waals surface area contributed by atoms with E-state index in [9.17, 15) is 101 Å². The summed E-state index contributed by atoms with van der Waals surface area (Å²) in [6.07, 6.45) is -53.8. The molecule has 0 saturated carbocycles. The van der Waals surface area contributed by atoms with Crippen LogP contribution in [0, 0.1) is 0 Å². The van der Waals surface area contributed by atoms with Gasteiger partial charge in [0.25, 0.3) is 0 Å². The maximum atomic E-state index is 12.9. The number of hydrogen-bond acceptors (Lipinski definition) is 30. The fourth-order valence-electron chi connectivity index (χ4n) is 8.78. The molecule has 0 aromatic carbocycles. The van der Waals surface area contributed by atoms with E-state index in [0.29, 0.717) is 0 Å². The van der Waals surface area contributed by atoms with Crippen LogP contribution in [0.2, 0.25) is 0 Å². The summed E-state index contributed by atoms with van der Waals surface area (Å²) >= 11 is 0. The summed E-state index contributed by atoms with van der Waals surface area (Å²) in [4.78, 5) is 36.5. The molecule has 32 nitrogen and oxygen atoms in total. The smallest absolute Gasteiger partial charge is 0.217 e. The van der Waals surface area contributed by atoms with Crippen LogP contribution in [0.25, 0.3) is 0 Å². The molecule has 0 aromatic rings. The topological polar surface area (TPSA) is 511 Å². The van der Waals surface area contributed by atoms with Crippen LogP contribution in [-0.2, 0) is 61.8 Å². The summed E-state index contributed by atoms with van der Waals surface area (Å²) in [5.41, 5.74) is 0. The van der Waals surface area contributed by atoms with Crippen molar-refractivity contribution in [3.8, 4) is 0 Å². The first-order chi connectivity index (χ1) is 34.0. The number of hydrogen-bond donors (Lipinski definition) is 19. The zero-order valence-corrected chi connectivity index (χ0v) is 38.8. The minimum absolute atomic E-state index is 0.142. The van der Waals surface area contributed by atoms with Gasteiger partial charge in [0.15, 0.2) is 37.7 Å². The summed E-state index contributed by atoms with van der Waals surface area (Å²) in [7, 11) is 0. The molecule has 0 aromatic heterocycles. The maximum absolute atomic E-state index is 12.9. The Morgan fingerprint density at radius 3 is 1.47 bits per heavy atom. The van der Waals surface area contributed by atoms with Gasteiger partial charge in [-0.25, -0.2) is 0 Å². The van der Waals surface area contributed by atoms with Gasteiger partial charge in [-0.05, 0) is 6.92 Å². The Kier molecular flexibility index (Phi) is 22.3. The molecule has 0 radical (unpaired) electrons. The van der Waals surface area contributed by atoms with Gasteiger partial charge in [0.2, 0.25) is 11.8 Å². The van der Waals surface area contributed by atoms with Crippen LogP contribution in [0.1, 0.15) is 20.8 Å². The van der Waals surface area contributed by atoms with Crippen molar-refractivity contribution in [2.24, 2.45) is 0 Å². The van der Waals surface area contributed by atoms with E-state index in [4.69, 9.17) is 47.4 Å². The molecule has 29 atom stereocenters. The molecule has 72 heavy (non-hydrogen) atoms. The lowest BCUT2D eigenvalue weighted by atomic mass is 9.93. The van der Waals surface area contributed by atoms with Crippen molar-refractivity contribution in [2.45, 2.75) is 199 Å². The number of aliphatic hydroxyl groups excluding tert-OH is 17. The van der Waals surface area contributed by atoms with Crippen LogP contribution in [0.15, 0.2) is 0 Å². The SMILES string of the molecule is CC(=O)NC1C(OC2C(O)C(CO)OC(OC3C(O)C(CO)OC(OC4C(O)C(CO)OC(OC(C(O)CO)C(O)C(O)C=O)C4O)C3NC(C)=O)C2OC2OC(C)C(O)C(O)C2O)OC(CO)C(O)C1O. The molecule has 0 bridgehead atoms. The third-order valence-electron chi connectivity index (χ3n) is 12.8. The van der Waals surface area contributed by atoms with Crippen molar-refractivity contribution in [1.29, 1.82) is 0 Å². The van der Waals surface area contributed by atoms with E-state index in [-0.39, 0.29) is 6.29 Å². The lowest BCUT2D eigenvalue weighted by molar-refractivity contribution is -0.400. The van der Waals surface area contributed by atoms with Crippen molar-refractivity contribution in [3.05, 3.63) is 0 Å². The maximum Gasteiger partial charge on any atom is 0.217 e. The molecule has 0 aliphatic carbocycles. The number of ether oxygens (including phenoxy) is 10. The largest absolute Gasteiger partial charge is 0.394 e. The Morgan fingerprint density at radius 2 is 0.944 bits per heavy atom. The van der Waals surface area contributed by atoms with Crippen LogP contribution in [-0.4, -0.2) is 316 Å². The molecular weight excluding hydrogens is 988 g/mol. The highest BCUT2D eigenvalue weighted by Gasteiger charge is 2.58. The van der Waals surface area contributed by atoms with Crippen molar-refractivity contribution in [3.63, 3.8) is 0 Å². The van der Waals surface area contributed by atoms with E-state index in [1.165, 1.54) is 6.92 Å². The highest BCUT2D eigenvalue weighted by atomic mass is 16.8. The number of carbonyl (C=O) groups is 3. The lowest BCUT2D eigenvalue weighted by Crippen LogP contribution is -2.71. The molecule has 19 N–H and O–H groups in total. The van der Waals surface area contributed by atoms with Crippen molar-refractivity contribution in [2.75, 3.05) is 33.0 Å². The van der Waals surface area contributed by atoms with E-state index in [1.54, 1.807) is 0 Å². The molecule has 0 spiro atoms. The van der Waals surface area contributed by atoms with Gasteiger partial charge in [0.1, 0.15) is 140 Å². The second-order valence-electron chi connectivity index (χ2n) is 17.9. The Bertz CT molecular complexity index is 1710. The lowest BCUT2D eigenvalue weighted by Gasteiger charge is -2.52. The van der Waals surface area contributed by atoms with Gasteiger partial charge in [0, 0.05) is 13.8 Å². The average Bonchev–Trinajstić information content (AvgIpc) is 3.35. The number of aldehydes is 1. The highest BCUT2D eigenvalue weighted by Crippen LogP contribution is 2.37. The van der Waals surface area contributed by atoms with E-state index >= 15 is 0 Å². The summed E-state index contributed by atoms with van der Waals surface area (Å²) in [5.74, 6) is -1.73. The molecule has 5 fully saturated rings. The zero-order chi connectivity index (χ0) is 53.6. The first kappa shape index (κ1) is 60.4. The second-order valence-corrected chi connectivity index (χ2v) is 17.9. The predicted octanol–water partition coefficient (Wildman–Crippen LogP) is -12.9. The van der Waals surface area contributed by atoms with Crippen LogP contribution in [0.5, 0.6) is 0 Å². The summed E-state index contributed by atoms with van der Waals surface area (Å²) in [6, 6.07) is -3.58. The third-order valence-corrected chi connectivity index (χ3v) is 12.8. The van der Waals surface area contributed by atoms with Crippen LogP contribution in [0.3, 0.4) is 0 Å². The molecule has 32 heteroatoms. The van der Waals surface area contributed by atoms with Gasteiger partial charge in [-0.3, -0.25) is 9.59 Å². The van der Waals surface area contributed by atoms with Gasteiger partial charge in [-0.15, -0.1) is 0 Å². The van der Waals surface area contributed by atoms with E-state index in [2.05, 4.69) is 10.6 Å². The monoisotopic (exact) mass is 1060 g/mol. The summed E-state index contributed by atoms with van der Waals surface area (Å²) < 4.78 is 58.5. The van der Waals surface area contributed by atoms with E-state index < -0.39 is 223 Å². The minimum Gasteiger partial charge on any atom is -0.394 e. The molecule has 418 valence electrons. The first-order valence-corrected chi connectivity index (χ1v) is 22.7. The quantitative estimate of drug-likeness (QED) is 0.0475.